The summed E-state index contributed by atoms with van der Waals surface area (Å²) in [5.41, 5.74) is 3.25. The Balaban J connectivity index is 1.35. The number of amides is 1. The van der Waals surface area contributed by atoms with E-state index in [0.29, 0.717) is 0 Å². The van der Waals surface area contributed by atoms with Crippen LogP contribution in [0.4, 0.5) is 10.1 Å². The van der Waals surface area contributed by atoms with Crippen molar-refractivity contribution in [3.05, 3.63) is 59.4 Å². The van der Waals surface area contributed by atoms with Crippen LogP contribution < -0.4 is 19.4 Å². The standard InChI is InChI=1S/C23H28FN3O2/c1-17(23(28)27-10-9-18-5-3-4-6-21(18)27)26-13-11-25(12-14-26)16-19-15-20(24)7-8-22(19)29-2/h3-8,15,17H,9-14,16H2,1-2H3/p+2/t17-/m1/s1. The fourth-order valence-electron chi connectivity index (χ4n) is 4.66. The molecule has 1 saturated heterocycles. The van der Waals surface area contributed by atoms with E-state index in [9.17, 15) is 9.18 Å². The van der Waals surface area contributed by atoms with Crippen LogP contribution in [0.3, 0.4) is 0 Å². The molecule has 0 bridgehead atoms. The molecule has 0 saturated carbocycles. The summed E-state index contributed by atoms with van der Waals surface area (Å²) in [6.45, 7) is 7.39. The number of ether oxygens (including phenoxy) is 1. The van der Waals surface area contributed by atoms with Crippen LogP contribution in [-0.2, 0) is 17.8 Å². The summed E-state index contributed by atoms with van der Waals surface area (Å²) < 4.78 is 19.0. The molecule has 2 aliphatic heterocycles. The van der Waals surface area contributed by atoms with Gasteiger partial charge in [0.2, 0.25) is 0 Å². The molecule has 154 valence electrons. The number of nitrogens with zero attached hydrogens (tertiary/aromatic N) is 1. The highest BCUT2D eigenvalue weighted by atomic mass is 19.1. The minimum Gasteiger partial charge on any atom is -0.496 e. The van der Waals surface area contributed by atoms with Crippen molar-refractivity contribution < 1.29 is 23.7 Å². The Morgan fingerprint density at radius 3 is 2.69 bits per heavy atom. The Morgan fingerprint density at radius 1 is 1.17 bits per heavy atom. The molecule has 0 spiro atoms. The van der Waals surface area contributed by atoms with Crippen LogP contribution in [0.15, 0.2) is 42.5 Å². The number of para-hydroxylation sites is 1. The van der Waals surface area contributed by atoms with Gasteiger partial charge >= 0.3 is 0 Å². The highest BCUT2D eigenvalue weighted by Crippen LogP contribution is 2.27. The lowest BCUT2D eigenvalue weighted by molar-refractivity contribution is -1.02. The summed E-state index contributed by atoms with van der Waals surface area (Å²) in [6, 6.07) is 12.9. The first-order valence-corrected chi connectivity index (χ1v) is 10.5. The average Bonchev–Trinajstić information content (AvgIpc) is 3.17. The Kier molecular flexibility index (Phi) is 5.83. The number of fused-ring (bicyclic) bond motifs is 1. The number of nitrogens with one attached hydrogen (secondary N) is 2. The topological polar surface area (TPSA) is 38.4 Å². The average molecular weight is 400 g/mol. The predicted molar refractivity (Wildman–Crippen MR) is 110 cm³/mol. The van der Waals surface area contributed by atoms with Crippen molar-refractivity contribution >= 4 is 11.6 Å². The fraction of sp³-hybridized carbons (Fsp3) is 0.435. The molecular formula is C23H30FN3O2+2. The van der Waals surface area contributed by atoms with E-state index in [1.54, 1.807) is 19.2 Å². The number of hydrogen-bond acceptors (Lipinski definition) is 2. The van der Waals surface area contributed by atoms with E-state index in [4.69, 9.17) is 4.74 Å². The van der Waals surface area contributed by atoms with Gasteiger partial charge in [-0.1, -0.05) is 18.2 Å². The molecule has 4 rings (SSSR count). The largest absolute Gasteiger partial charge is 0.496 e. The van der Waals surface area contributed by atoms with Crippen molar-refractivity contribution in [3.63, 3.8) is 0 Å². The number of anilines is 1. The first-order valence-electron chi connectivity index (χ1n) is 10.5. The SMILES string of the molecule is COc1ccc(F)cc1C[NH+]1CC[NH+]([C@H](C)C(=O)N2CCc3ccccc32)CC1. The van der Waals surface area contributed by atoms with Gasteiger partial charge in [-0.3, -0.25) is 4.79 Å². The summed E-state index contributed by atoms with van der Waals surface area (Å²) in [4.78, 5) is 17.9. The second-order valence-corrected chi connectivity index (χ2v) is 8.13. The number of quaternary nitrogens is 2. The van der Waals surface area contributed by atoms with E-state index in [-0.39, 0.29) is 17.8 Å². The van der Waals surface area contributed by atoms with Crippen molar-refractivity contribution in [2.75, 3.05) is 44.7 Å². The lowest BCUT2D eigenvalue weighted by Gasteiger charge is -2.34. The number of carbonyl (C=O) groups excluding carboxylic acids is 1. The molecule has 2 aromatic rings. The van der Waals surface area contributed by atoms with Crippen LogP contribution in [0, 0.1) is 5.82 Å². The Labute approximate surface area is 171 Å². The van der Waals surface area contributed by atoms with Crippen LogP contribution in [0.25, 0.3) is 0 Å². The molecule has 1 amide bonds. The summed E-state index contributed by atoms with van der Waals surface area (Å²) >= 11 is 0. The predicted octanol–water partition coefficient (Wildman–Crippen LogP) is 0.0955. The Hall–Kier alpha value is -2.44. The van der Waals surface area contributed by atoms with Crippen LogP contribution >= 0.6 is 0 Å². The summed E-state index contributed by atoms with van der Waals surface area (Å²) in [5.74, 6) is 0.736. The van der Waals surface area contributed by atoms with E-state index in [0.717, 1.165) is 62.7 Å². The highest BCUT2D eigenvalue weighted by Gasteiger charge is 2.36. The molecule has 0 radical (unpaired) electrons. The minimum absolute atomic E-state index is 0.0496. The normalized spacial score (nSPS) is 22.2. The van der Waals surface area contributed by atoms with Gasteiger partial charge in [-0.15, -0.1) is 0 Å². The van der Waals surface area contributed by atoms with E-state index in [1.807, 2.05) is 17.0 Å². The zero-order valence-electron chi connectivity index (χ0n) is 17.2. The first-order chi connectivity index (χ1) is 14.1. The van der Waals surface area contributed by atoms with Crippen molar-refractivity contribution in [2.45, 2.75) is 25.9 Å². The summed E-state index contributed by atoms with van der Waals surface area (Å²) in [5, 5.41) is 0. The molecule has 2 aromatic carbocycles. The fourth-order valence-corrected chi connectivity index (χ4v) is 4.66. The van der Waals surface area contributed by atoms with E-state index < -0.39 is 0 Å². The van der Waals surface area contributed by atoms with E-state index >= 15 is 0 Å². The van der Waals surface area contributed by atoms with Crippen LogP contribution in [0.1, 0.15) is 18.1 Å². The van der Waals surface area contributed by atoms with Gasteiger partial charge in [0.05, 0.1) is 12.7 Å². The number of rotatable bonds is 5. The zero-order chi connectivity index (χ0) is 20.4. The maximum Gasteiger partial charge on any atom is 0.284 e. The number of carbonyl (C=O) groups is 1. The number of hydrogen-bond donors (Lipinski definition) is 2. The third-order valence-electron chi connectivity index (χ3n) is 6.42. The molecule has 2 N–H and O–H groups in total. The maximum absolute atomic E-state index is 13.6. The van der Waals surface area contributed by atoms with Crippen molar-refractivity contribution in [2.24, 2.45) is 0 Å². The molecule has 1 atom stereocenters. The number of piperazine rings is 1. The van der Waals surface area contributed by atoms with E-state index in [1.165, 1.54) is 21.4 Å². The van der Waals surface area contributed by atoms with Crippen molar-refractivity contribution in [1.29, 1.82) is 0 Å². The van der Waals surface area contributed by atoms with Gasteiger partial charge in [0.15, 0.2) is 6.04 Å². The Bertz CT molecular complexity index is 880. The molecule has 2 heterocycles. The maximum atomic E-state index is 13.6. The molecule has 0 aromatic heterocycles. The minimum atomic E-state index is -0.227. The lowest BCUT2D eigenvalue weighted by atomic mass is 10.1. The third kappa shape index (κ3) is 4.14. The van der Waals surface area contributed by atoms with Crippen molar-refractivity contribution in [3.8, 4) is 5.75 Å². The zero-order valence-corrected chi connectivity index (χ0v) is 17.2. The first kappa shape index (κ1) is 19.9. The van der Waals surface area contributed by atoms with Crippen LogP contribution in [-0.4, -0.2) is 51.8 Å². The van der Waals surface area contributed by atoms with Gasteiger partial charge in [0, 0.05) is 12.2 Å². The molecule has 5 nitrogen and oxygen atoms in total. The quantitative estimate of drug-likeness (QED) is 0.748. The summed E-state index contributed by atoms with van der Waals surface area (Å²) in [6.07, 6.45) is 0.942. The van der Waals surface area contributed by atoms with E-state index in [2.05, 4.69) is 19.1 Å². The summed E-state index contributed by atoms with van der Waals surface area (Å²) in [7, 11) is 1.62. The molecule has 29 heavy (non-hydrogen) atoms. The number of halogens is 1. The molecule has 1 fully saturated rings. The monoisotopic (exact) mass is 399 g/mol. The van der Waals surface area contributed by atoms with Crippen LogP contribution in [0.2, 0.25) is 0 Å². The smallest absolute Gasteiger partial charge is 0.284 e. The third-order valence-corrected chi connectivity index (χ3v) is 6.42. The van der Waals surface area contributed by atoms with Gasteiger partial charge in [0.1, 0.15) is 44.3 Å². The second-order valence-electron chi connectivity index (χ2n) is 8.13. The molecule has 0 unspecified atom stereocenters. The molecule has 6 heteroatoms. The van der Waals surface area contributed by atoms with Gasteiger partial charge in [-0.25, -0.2) is 4.39 Å². The Morgan fingerprint density at radius 2 is 1.93 bits per heavy atom. The molecule has 2 aliphatic rings. The van der Waals surface area contributed by atoms with Gasteiger partial charge in [0.25, 0.3) is 5.91 Å². The number of methoxy groups -OCH3 is 1. The molecule has 0 aliphatic carbocycles. The van der Waals surface area contributed by atoms with Gasteiger partial charge in [-0.2, -0.15) is 0 Å². The van der Waals surface area contributed by atoms with Crippen LogP contribution in [0.5, 0.6) is 5.75 Å². The van der Waals surface area contributed by atoms with Gasteiger partial charge in [-0.05, 0) is 43.2 Å². The molecular weight excluding hydrogens is 369 g/mol. The second kappa shape index (κ2) is 8.51. The highest BCUT2D eigenvalue weighted by molar-refractivity contribution is 5.97. The van der Waals surface area contributed by atoms with Gasteiger partial charge < -0.3 is 19.4 Å². The number of benzene rings is 2. The lowest BCUT2D eigenvalue weighted by Crippen LogP contribution is -3.29. The van der Waals surface area contributed by atoms with Crippen molar-refractivity contribution in [1.82, 2.24) is 0 Å².